The van der Waals surface area contributed by atoms with Gasteiger partial charge in [-0.05, 0) is 46.1 Å². The summed E-state index contributed by atoms with van der Waals surface area (Å²) in [6, 6.07) is -0.0927. The highest BCUT2D eigenvalue weighted by atomic mass is 16.3. The summed E-state index contributed by atoms with van der Waals surface area (Å²) in [6.07, 6.45) is 6.58. The fourth-order valence-electron chi connectivity index (χ4n) is 3.30. The number of carbonyl (C=O) groups excluding carboxylic acids is 1. The lowest BCUT2D eigenvalue weighted by Crippen LogP contribution is -2.54. The highest BCUT2D eigenvalue weighted by molar-refractivity contribution is 5.81. The molecule has 0 saturated carbocycles. The molecule has 0 aromatic carbocycles. The van der Waals surface area contributed by atoms with Crippen molar-refractivity contribution >= 4 is 5.91 Å². The molecule has 2 atom stereocenters. The Balaban J connectivity index is 1.93. The molecule has 1 N–H and O–H groups in total. The maximum Gasteiger partial charge on any atom is 0.239 e. The normalized spacial score (nSPS) is 31.8. The number of likely N-dealkylation sites (tertiary alicyclic amines) is 2. The standard InChI is InChI=1S/C15H28N2O2/c1-13(17-11-7-8-15(2,19)12-17)14(18)16-9-5-3-4-6-10-16/h13,19H,3-12H2,1-2H3. The topological polar surface area (TPSA) is 43.8 Å². The van der Waals surface area contributed by atoms with Gasteiger partial charge >= 0.3 is 0 Å². The van der Waals surface area contributed by atoms with Crippen molar-refractivity contribution < 1.29 is 9.90 Å². The maximum absolute atomic E-state index is 12.6. The average molecular weight is 268 g/mol. The smallest absolute Gasteiger partial charge is 0.239 e. The number of hydrogen-bond acceptors (Lipinski definition) is 3. The summed E-state index contributed by atoms with van der Waals surface area (Å²) in [7, 11) is 0. The maximum atomic E-state index is 12.6. The molecule has 4 heteroatoms. The predicted molar refractivity (Wildman–Crippen MR) is 75.9 cm³/mol. The molecule has 0 aromatic heterocycles. The van der Waals surface area contributed by atoms with Crippen LogP contribution in [0.3, 0.4) is 0 Å². The number of β-amino-alcohol motifs (C(OH)–C–C–N with tert-alkyl or cyclic N) is 1. The number of piperidine rings is 1. The number of rotatable bonds is 2. The zero-order valence-electron chi connectivity index (χ0n) is 12.4. The van der Waals surface area contributed by atoms with Crippen LogP contribution >= 0.6 is 0 Å². The van der Waals surface area contributed by atoms with Crippen molar-refractivity contribution in [1.82, 2.24) is 9.80 Å². The Bertz CT molecular complexity index is 309. The van der Waals surface area contributed by atoms with E-state index < -0.39 is 5.60 Å². The molecule has 2 unspecified atom stereocenters. The lowest BCUT2D eigenvalue weighted by molar-refractivity contribution is -0.138. The van der Waals surface area contributed by atoms with Gasteiger partial charge in [-0.15, -0.1) is 0 Å². The van der Waals surface area contributed by atoms with Crippen LogP contribution in [0.5, 0.6) is 0 Å². The van der Waals surface area contributed by atoms with Gasteiger partial charge in [0, 0.05) is 19.6 Å². The molecule has 110 valence electrons. The third-order valence-electron chi connectivity index (χ3n) is 4.53. The summed E-state index contributed by atoms with van der Waals surface area (Å²) in [5, 5.41) is 10.2. The quantitative estimate of drug-likeness (QED) is 0.828. The molecule has 19 heavy (non-hydrogen) atoms. The average Bonchev–Trinajstić information content (AvgIpc) is 2.64. The Hall–Kier alpha value is -0.610. The van der Waals surface area contributed by atoms with Crippen molar-refractivity contribution in [3.05, 3.63) is 0 Å². The van der Waals surface area contributed by atoms with E-state index in [-0.39, 0.29) is 11.9 Å². The molecule has 2 aliphatic heterocycles. The van der Waals surface area contributed by atoms with E-state index in [1.54, 1.807) is 0 Å². The van der Waals surface area contributed by atoms with Gasteiger partial charge in [0.1, 0.15) is 0 Å². The number of amides is 1. The van der Waals surface area contributed by atoms with Crippen LogP contribution in [-0.4, -0.2) is 58.6 Å². The summed E-state index contributed by atoms with van der Waals surface area (Å²) in [5.74, 6) is 0.250. The van der Waals surface area contributed by atoms with E-state index in [4.69, 9.17) is 0 Å². The fraction of sp³-hybridized carbons (Fsp3) is 0.933. The highest BCUT2D eigenvalue weighted by Gasteiger charge is 2.34. The van der Waals surface area contributed by atoms with E-state index in [2.05, 4.69) is 4.90 Å². The Morgan fingerprint density at radius 2 is 1.74 bits per heavy atom. The zero-order valence-corrected chi connectivity index (χ0v) is 12.4. The monoisotopic (exact) mass is 268 g/mol. The van der Waals surface area contributed by atoms with Crippen LogP contribution in [0.25, 0.3) is 0 Å². The molecule has 2 rings (SSSR count). The van der Waals surface area contributed by atoms with E-state index in [1.165, 1.54) is 12.8 Å². The van der Waals surface area contributed by atoms with Gasteiger partial charge in [0.25, 0.3) is 0 Å². The van der Waals surface area contributed by atoms with E-state index in [9.17, 15) is 9.90 Å². The molecule has 2 heterocycles. The zero-order chi connectivity index (χ0) is 13.9. The summed E-state index contributed by atoms with van der Waals surface area (Å²) < 4.78 is 0. The van der Waals surface area contributed by atoms with Gasteiger partial charge < -0.3 is 10.0 Å². The molecular formula is C15H28N2O2. The molecule has 0 aliphatic carbocycles. The Morgan fingerprint density at radius 3 is 2.32 bits per heavy atom. The van der Waals surface area contributed by atoms with Gasteiger partial charge in [0.15, 0.2) is 0 Å². The van der Waals surface area contributed by atoms with E-state index in [1.807, 2.05) is 18.7 Å². The molecule has 2 fully saturated rings. The highest BCUT2D eigenvalue weighted by Crippen LogP contribution is 2.23. The largest absolute Gasteiger partial charge is 0.389 e. The van der Waals surface area contributed by atoms with Crippen molar-refractivity contribution in [2.24, 2.45) is 0 Å². The van der Waals surface area contributed by atoms with Crippen molar-refractivity contribution in [3.8, 4) is 0 Å². The molecule has 4 nitrogen and oxygen atoms in total. The van der Waals surface area contributed by atoms with Gasteiger partial charge in [-0.2, -0.15) is 0 Å². The molecule has 0 aromatic rings. The third-order valence-corrected chi connectivity index (χ3v) is 4.53. The first kappa shape index (κ1) is 14.8. The first-order chi connectivity index (χ1) is 8.99. The van der Waals surface area contributed by atoms with Gasteiger partial charge in [-0.25, -0.2) is 0 Å². The van der Waals surface area contributed by atoms with E-state index in [0.717, 1.165) is 45.3 Å². The summed E-state index contributed by atoms with van der Waals surface area (Å²) in [5.41, 5.74) is -0.633. The van der Waals surface area contributed by atoms with Crippen molar-refractivity contribution in [2.45, 2.75) is 64.0 Å². The van der Waals surface area contributed by atoms with E-state index >= 15 is 0 Å². The number of hydrogen-bond donors (Lipinski definition) is 1. The van der Waals surface area contributed by atoms with Gasteiger partial charge in [0.2, 0.25) is 5.91 Å². The van der Waals surface area contributed by atoms with E-state index in [0.29, 0.717) is 6.54 Å². The minimum Gasteiger partial charge on any atom is -0.389 e. The number of nitrogens with zero attached hydrogens (tertiary/aromatic N) is 2. The summed E-state index contributed by atoms with van der Waals surface area (Å²) in [6.45, 7) is 7.24. The van der Waals surface area contributed by atoms with Gasteiger partial charge in [0.05, 0.1) is 11.6 Å². The van der Waals surface area contributed by atoms with Crippen LogP contribution in [0.1, 0.15) is 52.4 Å². The second-order valence-electron chi connectivity index (χ2n) is 6.49. The SMILES string of the molecule is CC(C(=O)N1CCCCCC1)N1CCCC(C)(O)C1. The third kappa shape index (κ3) is 3.93. The predicted octanol–water partition coefficient (Wildman–Crippen LogP) is 1.62. The Kier molecular flexibility index (Phi) is 4.85. The minimum absolute atomic E-state index is 0.0927. The van der Waals surface area contributed by atoms with Crippen LogP contribution in [0.15, 0.2) is 0 Å². The summed E-state index contributed by atoms with van der Waals surface area (Å²) >= 11 is 0. The molecular weight excluding hydrogens is 240 g/mol. The van der Waals surface area contributed by atoms with Crippen LogP contribution in [0.2, 0.25) is 0 Å². The lowest BCUT2D eigenvalue weighted by atomic mass is 9.94. The van der Waals surface area contributed by atoms with Crippen molar-refractivity contribution in [2.75, 3.05) is 26.2 Å². The minimum atomic E-state index is -0.633. The second-order valence-corrected chi connectivity index (χ2v) is 6.49. The molecule has 0 spiro atoms. The summed E-state index contributed by atoms with van der Waals surface area (Å²) in [4.78, 5) is 16.7. The van der Waals surface area contributed by atoms with Gasteiger partial charge in [-0.1, -0.05) is 12.8 Å². The fourth-order valence-corrected chi connectivity index (χ4v) is 3.30. The van der Waals surface area contributed by atoms with Crippen LogP contribution in [-0.2, 0) is 4.79 Å². The number of carbonyl (C=O) groups is 1. The van der Waals surface area contributed by atoms with Crippen molar-refractivity contribution in [3.63, 3.8) is 0 Å². The second kappa shape index (κ2) is 6.23. The van der Waals surface area contributed by atoms with Gasteiger partial charge in [-0.3, -0.25) is 9.69 Å². The molecule has 1 amide bonds. The van der Waals surface area contributed by atoms with Crippen LogP contribution in [0, 0.1) is 0 Å². The lowest BCUT2D eigenvalue weighted by Gasteiger charge is -2.40. The van der Waals surface area contributed by atoms with Crippen LogP contribution in [0.4, 0.5) is 0 Å². The van der Waals surface area contributed by atoms with Crippen molar-refractivity contribution in [1.29, 1.82) is 0 Å². The molecule has 0 bridgehead atoms. The Morgan fingerprint density at radius 1 is 1.11 bits per heavy atom. The molecule has 2 saturated heterocycles. The molecule has 0 radical (unpaired) electrons. The first-order valence-electron chi connectivity index (χ1n) is 7.75. The van der Waals surface area contributed by atoms with Crippen LogP contribution < -0.4 is 0 Å². The molecule has 2 aliphatic rings. The number of aliphatic hydroxyl groups is 1. The Labute approximate surface area is 116 Å². The first-order valence-corrected chi connectivity index (χ1v) is 7.75.